The second-order valence-electron chi connectivity index (χ2n) is 6.65. The molecule has 0 aromatic heterocycles. The highest BCUT2D eigenvalue weighted by molar-refractivity contribution is 7.92. The molecule has 162 valence electrons. The normalized spacial score (nSPS) is 10.9. The zero-order valence-corrected chi connectivity index (χ0v) is 18.4. The fourth-order valence-corrected chi connectivity index (χ4v) is 4.47. The van der Waals surface area contributed by atoms with Crippen LogP contribution in [0, 0.1) is 0 Å². The van der Waals surface area contributed by atoms with Gasteiger partial charge in [-0.2, -0.15) is 0 Å². The Kier molecular flexibility index (Phi) is 6.81. The van der Waals surface area contributed by atoms with Crippen LogP contribution in [0.15, 0.2) is 83.8 Å². The van der Waals surface area contributed by atoms with Crippen LogP contribution in [0.25, 0.3) is 0 Å². The lowest BCUT2D eigenvalue weighted by Gasteiger charge is -2.27. The number of rotatable bonds is 8. The Morgan fingerprint density at radius 3 is 1.90 bits per heavy atom. The van der Waals surface area contributed by atoms with Gasteiger partial charge in [0.15, 0.2) is 11.5 Å². The molecular weight excluding hydrogens is 416 g/mol. The first kappa shape index (κ1) is 22.2. The molecule has 0 bridgehead atoms. The van der Waals surface area contributed by atoms with Gasteiger partial charge in [0, 0.05) is 18.8 Å². The lowest BCUT2D eigenvalue weighted by atomic mass is 10.3. The van der Waals surface area contributed by atoms with E-state index in [1.807, 2.05) is 18.2 Å². The summed E-state index contributed by atoms with van der Waals surface area (Å²) in [5.74, 6) is 0.316. The molecule has 31 heavy (non-hydrogen) atoms. The average Bonchev–Trinajstić information content (AvgIpc) is 2.82. The fourth-order valence-electron chi connectivity index (χ4n) is 3.04. The number of para-hydroxylation sites is 2. The van der Waals surface area contributed by atoms with Gasteiger partial charge in [-0.05, 0) is 36.4 Å². The van der Waals surface area contributed by atoms with Crippen LogP contribution in [0.5, 0.6) is 11.5 Å². The number of sulfonamides is 1. The SMILES string of the molecule is COc1ccc(S(=O)(=O)N(CC(=O)N(C)c2ccccc2)c2ccccc2)cc1OC. The van der Waals surface area contributed by atoms with Crippen LogP contribution in [-0.4, -0.2) is 42.1 Å². The summed E-state index contributed by atoms with van der Waals surface area (Å²) < 4.78 is 38.7. The van der Waals surface area contributed by atoms with Crippen molar-refractivity contribution in [1.29, 1.82) is 0 Å². The number of carbonyl (C=O) groups is 1. The number of anilines is 2. The van der Waals surface area contributed by atoms with Crippen LogP contribution in [0.1, 0.15) is 0 Å². The van der Waals surface area contributed by atoms with E-state index in [2.05, 4.69) is 0 Å². The van der Waals surface area contributed by atoms with E-state index < -0.39 is 10.0 Å². The molecule has 3 aromatic rings. The molecule has 7 nitrogen and oxygen atoms in total. The Labute approximate surface area is 182 Å². The number of ether oxygens (including phenoxy) is 2. The topological polar surface area (TPSA) is 76.2 Å². The molecule has 0 atom stereocenters. The Hall–Kier alpha value is -3.52. The highest BCUT2D eigenvalue weighted by Gasteiger charge is 2.29. The number of methoxy groups -OCH3 is 2. The van der Waals surface area contributed by atoms with Crippen LogP contribution >= 0.6 is 0 Å². The van der Waals surface area contributed by atoms with Gasteiger partial charge in [-0.25, -0.2) is 8.42 Å². The van der Waals surface area contributed by atoms with Gasteiger partial charge in [0.2, 0.25) is 5.91 Å². The number of likely N-dealkylation sites (N-methyl/N-ethyl adjacent to an activating group) is 1. The number of hydrogen-bond donors (Lipinski definition) is 0. The summed E-state index contributed by atoms with van der Waals surface area (Å²) in [7, 11) is 0.447. The monoisotopic (exact) mass is 440 g/mol. The quantitative estimate of drug-likeness (QED) is 0.535. The molecule has 0 unspecified atom stereocenters. The number of amides is 1. The number of carbonyl (C=O) groups excluding carboxylic acids is 1. The molecule has 0 saturated heterocycles. The Morgan fingerprint density at radius 1 is 0.806 bits per heavy atom. The van der Waals surface area contributed by atoms with E-state index in [9.17, 15) is 13.2 Å². The smallest absolute Gasteiger partial charge is 0.264 e. The van der Waals surface area contributed by atoms with E-state index in [4.69, 9.17) is 9.47 Å². The van der Waals surface area contributed by atoms with E-state index in [-0.39, 0.29) is 23.1 Å². The average molecular weight is 441 g/mol. The summed E-state index contributed by atoms with van der Waals surface area (Å²) in [5.41, 5.74) is 1.05. The highest BCUT2D eigenvalue weighted by atomic mass is 32.2. The van der Waals surface area contributed by atoms with Crippen molar-refractivity contribution in [2.24, 2.45) is 0 Å². The lowest BCUT2D eigenvalue weighted by Crippen LogP contribution is -2.41. The Bertz CT molecular complexity index is 1140. The van der Waals surface area contributed by atoms with Gasteiger partial charge < -0.3 is 14.4 Å². The summed E-state index contributed by atoms with van der Waals surface area (Å²) >= 11 is 0. The Morgan fingerprint density at radius 2 is 1.35 bits per heavy atom. The first-order chi connectivity index (χ1) is 14.9. The van der Waals surface area contributed by atoms with Gasteiger partial charge in [0.1, 0.15) is 6.54 Å². The molecule has 0 heterocycles. The molecule has 0 aliphatic carbocycles. The molecule has 1 amide bonds. The second kappa shape index (κ2) is 9.53. The van der Waals surface area contributed by atoms with Gasteiger partial charge in [-0.15, -0.1) is 0 Å². The third-order valence-electron chi connectivity index (χ3n) is 4.78. The fraction of sp³-hybridized carbons (Fsp3) is 0.174. The molecule has 0 aliphatic heterocycles. The molecule has 0 aliphatic rings. The van der Waals surface area contributed by atoms with Crippen LogP contribution in [0.4, 0.5) is 11.4 Å². The van der Waals surface area contributed by atoms with Crippen molar-refractivity contribution in [2.75, 3.05) is 37.0 Å². The molecule has 0 N–H and O–H groups in total. The molecule has 3 aromatic carbocycles. The third kappa shape index (κ3) is 4.80. The molecule has 0 saturated carbocycles. The maximum absolute atomic E-state index is 13.6. The standard InChI is InChI=1S/C23H24N2O5S/c1-24(18-10-6-4-7-11-18)23(26)17-25(19-12-8-5-9-13-19)31(27,28)20-14-15-21(29-2)22(16-20)30-3/h4-16H,17H2,1-3H3. The van der Waals surface area contributed by atoms with E-state index in [1.165, 1.54) is 37.3 Å². The summed E-state index contributed by atoms with van der Waals surface area (Å²) in [6.45, 7) is -0.369. The largest absolute Gasteiger partial charge is 0.493 e. The zero-order chi connectivity index (χ0) is 22.4. The van der Waals surface area contributed by atoms with E-state index in [1.54, 1.807) is 49.5 Å². The van der Waals surface area contributed by atoms with Crippen molar-refractivity contribution in [3.63, 3.8) is 0 Å². The van der Waals surface area contributed by atoms with Crippen LogP contribution in [-0.2, 0) is 14.8 Å². The van der Waals surface area contributed by atoms with Crippen molar-refractivity contribution < 1.29 is 22.7 Å². The van der Waals surface area contributed by atoms with Crippen LogP contribution < -0.4 is 18.7 Å². The summed E-state index contributed by atoms with van der Waals surface area (Å²) in [6, 6.07) is 21.9. The minimum Gasteiger partial charge on any atom is -0.493 e. The molecule has 3 rings (SSSR count). The van der Waals surface area contributed by atoms with Gasteiger partial charge in [-0.3, -0.25) is 9.10 Å². The van der Waals surface area contributed by atoms with Gasteiger partial charge in [0.05, 0.1) is 24.8 Å². The predicted octanol–water partition coefficient (Wildman–Crippen LogP) is 3.56. The summed E-state index contributed by atoms with van der Waals surface area (Å²) in [4.78, 5) is 14.4. The van der Waals surface area contributed by atoms with E-state index in [0.29, 0.717) is 17.1 Å². The third-order valence-corrected chi connectivity index (χ3v) is 6.55. The lowest BCUT2D eigenvalue weighted by molar-refractivity contribution is -0.116. The summed E-state index contributed by atoms with van der Waals surface area (Å²) in [6.07, 6.45) is 0. The molecule has 0 fully saturated rings. The van der Waals surface area contributed by atoms with Crippen molar-refractivity contribution in [2.45, 2.75) is 4.90 Å². The number of hydrogen-bond acceptors (Lipinski definition) is 5. The highest BCUT2D eigenvalue weighted by Crippen LogP contribution is 2.32. The molecule has 0 radical (unpaired) electrons. The Balaban J connectivity index is 2.00. The van der Waals surface area contributed by atoms with Crippen LogP contribution in [0.2, 0.25) is 0 Å². The molecular formula is C23H24N2O5S. The summed E-state index contributed by atoms with van der Waals surface area (Å²) in [5, 5.41) is 0. The van der Waals surface area contributed by atoms with Gasteiger partial charge in [-0.1, -0.05) is 36.4 Å². The maximum Gasteiger partial charge on any atom is 0.264 e. The van der Waals surface area contributed by atoms with E-state index >= 15 is 0 Å². The number of nitrogens with zero attached hydrogens (tertiary/aromatic N) is 2. The van der Waals surface area contributed by atoms with Crippen LogP contribution in [0.3, 0.4) is 0 Å². The van der Waals surface area contributed by atoms with Gasteiger partial charge in [0.25, 0.3) is 10.0 Å². The minimum atomic E-state index is -4.07. The molecule has 8 heteroatoms. The predicted molar refractivity (Wildman–Crippen MR) is 120 cm³/mol. The molecule has 0 spiro atoms. The van der Waals surface area contributed by atoms with Crippen molar-refractivity contribution in [3.8, 4) is 11.5 Å². The van der Waals surface area contributed by atoms with Gasteiger partial charge >= 0.3 is 0 Å². The van der Waals surface area contributed by atoms with E-state index in [0.717, 1.165) is 4.31 Å². The zero-order valence-electron chi connectivity index (χ0n) is 17.6. The number of benzene rings is 3. The van der Waals surface area contributed by atoms with Crippen molar-refractivity contribution in [1.82, 2.24) is 0 Å². The first-order valence-electron chi connectivity index (χ1n) is 9.50. The van der Waals surface area contributed by atoms with Crippen molar-refractivity contribution >= 4 is 27.3 Å². The minimum absolute atomic E-state index is 0.0100. The second-order valence-corrected chi connectivity index (χ2v) is 8.51. The maximum atomic E-state index is 13.6. The first-order valence-corrected chi connectivity index (χ1v) is 10.9. The van der Waals surface area contributed by atoms with Crippen molar-refractivity contribution in [3.05, 3.63) is 78.9 Å².